The summed E-state index contributed by atoms with van der Waals surface area (Å²) in [7, 11) is 1.98. The lowest BCUT2D eigenvalue weighted by molar-refractivity contribution is -0.167. The minimum atomic E-state index is -0.820. The second-order valence-corrected chi connectivity index (χ2v) is 19.0. The van der Waals surface area contributed by atoms with E-state index in [1.165, 1.54) is 6.33 Å². The molecule has 0 spiro atoms. The fraction of sp³-hybridized carbons (Fsp3) is 0.769. The number of carbonyl (C=O) groups excluding carboxylic acids is 5. The van der Waals surface area contributed by atoms with Crippen LogP contribution in [0.15, 0.2) is 18.6 Å². The second-order valence-electron chi connectivity index (χ2n) is 19.0. The number of amides is 1. The summed E-state index contributed by atoms with van der Waals surface area (Å²) in [6.07, 6.45) is 24.8. The van der Waals surface area contributed by atoms with Crippen LogP contribution in [0.5, 0.6) is 0 Å². The highest BCUT2D eigenvalue weighted by molar-refractivity contribution is 5.96. The minimum Gasteiger partial charge on any atom is -0.462 e. The number of anilines is 1. The summed E-state index contributed by atoms with van der Waals surface area (Å²) in [4.78, 5) is 76.8. The number of nitrogens with zero attached hydrogens (tertiary/aromatic N) is 6. The van der Waals surface area contributed by atoms with Crippen LogP contribution in [-0.2, 0) is 33.4 Å². The van der Waals surface area contributed by atoms with Gasteiger partial charge in [-0.25, -0.2) is 9.97 Å². The molecule has 0 bridgehead atoms. The average molecular weight is 921 g/mol. The van der Waals surface area contributed by atoms with E-state index >= 15 is 0 Å². The molecule has 1 aliphatic heterocycles. The summed E-state index contributed by atoms with van der Waals surface area (Å²) in [6.45, 7) is 11.4. The van der Waals surface area contributed by atoms with Crippen molar-refractivity contribution in [1.29, 1.82) is 5.26 Å². The predicted octanol–water partition coefficient (Wildman–Crippen LogP) is 10.9. The number of esters is 3. The molecule has 0 saturated carbocycles. The van der Waals surface area contributed by atoms with Crippen LogP contribution in [0.1, 0.15) is 200 Å². The summed E-state index contributed by atoms with van der Waals surface area (Å²) in [5.74, 6) is -0.103. The van der Waals surface area contributed by atoms with Gasteiger partial charge in [0.25, 0.3) is 0 Å². The zero-order valence-electron chi connectivity index (χ0n) is 41.6. The molecule has 1 amide bonds. The second kappa shape index (κ2) is 32.2. The first-order valence-electron chi connectivity index (χ1n) is 25.6. The zero-order valence-corrected chi connectivity index (χ0v) is 41.6. The van der Waals surface area contributed by atoms with Crippen LogP contribution in [-0.4, -0.2) is 94.7 Å². The number of unbranched alkanes of at least 4 members (excludes halogenated alkanes) is 15. The van der Waals surface area contributed by atoms with Gasteiger partial charge in [-0.2, -0.15) is 5.26 Å². The number of likely N-dealkylation sites (tertiary alicyclic amines) is 1. The molecular formula is C52H84N6O8. The zero-order chi connectivity index (χ0) is 48.1. The topological polar surface area (TPSA) is 174 Å². The Bertz CT molecular complexity index is 1760. The van der Waals surface area contributed by atoms with E-state index < -0.39 is 6.10 Å². The molecule has 0 aliphatic carbocycles. The number of hydrogen-bond donors (Lipinski definition) is 0. The fourth-order valence-corrected chi connectivity index (χ4v) is 8.88. The average Bonchev–Trinajstić information content (AvgIpc) is 3.74. The van der Waals surface area contributed by atoms with E-state index in [0.717, 1.165) is 146 Å². The number of carbonyl (C=O) groups is 5. The number of likely N-dealkylation sites (N-methyl/N-ethyl adjacent to an activating group) is 1. The third-order valence-corrected chi connectivity index (χ3v) is 13.2. The molecule has 4 atom stereocenters. The monoisotopic (exact) mass is 921 g/mol. The Morgan fingerprint density at radius 3 is 1.94 bits per heavy atom. The van der Waals surface area contributed by atoms with Crippen molar-refractivity contribution in [3.8, 4) is 6.07 Å². The lowest BCUT2D eigenvalue weighted by Crippen LogP contribution is -2.52. The molecule has 0 aromatic carbocycles. The lowest BCUT2D eigenvalue weighted by Gasteiger charge is -2.42. The van der Waals surface area contributed by atoms with Gasteiger partial charge in [0, 0.05) is 51.5 Å². The van der Waals surface area contributed by atoms with E-state index in [1.807, 2.05) is 26.1 Å². The predicted molar refractivity (Wildman–Crippen MR) is 259 cm³/mol. The Hall–Kier alpha value is -4.54. The molecule has 0 N–H and O–H groups in total. The number of rotatable bonds is 34. The van der Waals surface area contributed by atoms with Crippen molar-refractivity contribution in [3.05, 3.63) is 18.6 Å². The van der Waals surface area contributed by atoms with Gasteiger partial charge in [0.15, 0.2) is 11.8 Å². The third-order valence-electron chi connectivity index (χ3n) is 13.2. The van der Waals surface area contributed by atoms with Crippen molar-refractivity contribution >= 4 is 46.6 Å². The largest absolute Gasteiger partial charge is 0.462 e. The molecule has 370 valence electrons. The van der Waals surface area contributed by atoms with Crippen LogP contribution in [0.3, 0.4) is 0 Å². The molecule has 2 aromatic rings. The van der Waals surface area contributed by atoms with Gasteiger partial charge in [-0.3, -0.25) is 28.5 Å². The van der Waals surface area contributed by atoms with Crippen LogP contribution in [0.25, 0.3) is 11.0 Å². The summed E-state index contributed by atoms with van der Waals surface area (Å²) in [5, 5.41) is 9.83. The van der Waals surface area contributed by atoms with Gasteiger partial charge in [-0.1, -0.05) is 144 Å². The van der Waals surface area contributed by atoms with Crippen molar-refractivity contribution in [2.24, 2.45) is 17.8 Å². The number of nitriles is 1. The first kappa shape index (κ1) is 55.8. The van der Waals surface area contributed by atoms with Crippen LogP contribution in [0, 0.1) is 29.1 Å². The van der Waals surface area contributed by atoms with Gasteiger partial charge in [0.1, 0.15) is 31.8 Å². The van der Waals surface area contributed by atoms with Crippen LogP contribution < -0.4 is 4.90 Å². The molecule has 3 rings (SSSR count). The maximum absolute atomic E-state index is 13.6. The Labute approximate surface area is 396 Å². The third kappa shape index (κ3) is 20.5. The van der Waals surface area contributed by atoms with Crippen LogP contribution in [0.4, 0.5) is 5.82 Å². The normalized spacial score (nSPS) is 15.9. The Morgan fingerprint density at radius 2 is 1.35 bits per heavy atom. The van der Waals surface area contributed by atoms with E-state index in [0.29, 0.717) is 37.5 Å². The maximum Gasteiger partial charge on any atom is 0.306 e. The van der Waals surface area contributed by atoms with Gasteiger partial charge in [-0.05, 0) is 43.6 Å². The van der Waals surface area contributed by atoms with E-state index in [-0.39, 0.29) is 73.7 Å². The highest BCUT2D eigenvalue weighted by atomic mass is 16.6. The van der Waals surface area contributed by atoms with Gasteiger partial charge in [-0.15, -0.1) is 0 Å². The molecule has 2 unspecified atom stereocenters. The van der Waals surface area contributed by atoms with E-state index in [9.17, 15) is 24.0 Å². The quantitative estimate of drug-likeness (QED) is 0.0370. The van der Waals surface area contributed by atoms with Crippen molar-refractivity contribution in [3.63, 3.8) is 0 Å². The van der Waals surface area contributed by atoms with E-state index in [1.54, 1.807) is 15.7 Å². The van der Waals surface area contributed by atoms with Crippen LogP contribution >= 0.6 is 0 Å². The first-order valence-corrected chi connectivity index (χ1v) is 25.6. The van der Waals surface area contributed by atoms with Crippen molar-refractivity contribution in [2.45, 2.75) is 207 Å². The Kier molecular flexibility index (Phi) is 27.2. The SMILES string of the molecule is CCCCCCCC(=O)OCC(COC(=O)CCCCCCC)OC(=O)CC(C)CCCCCCCCCCC(C)C(=O)n1ccc2c(N(C)[C@H]3CN(C(=O)CC#N)CC[C@H]3C)ncnc21. The first-order chi connectivity index (χ1) is 31.9. The minimum absolute atomic E-state index is 0.0192. The highest BCUT2D eigenvalue weighted by Gasteiger charge is 2.33. The van der Waals surface area contributed by atoms with E-state index in [2.05, 4.69) is 42.6 Å². The molecule has 66 heavy (non-hydrogen) atoms. The highest BCUT2D eigenvalue weighted by Crippen LogP contribution is 2.30. The molecule has 2 aromatic heterocycles. The summed E-state index contributed by atoms with van der Waals surface area (Å²) in [5.41, 5.74) is 0.587. The number of piperidine rings is 1. The van der Waals surface area contributed by atoms with Crippen molar-refractivity contribution in [2.75, 3.05) is 38.3 Å². The summed E-state index contributed by atoms with van der Waals surface area (Å²) in [6, 6.07) is 3.89. The van der Waals surface area contributed by atoms with Crippen LogP contribution in [0.2, 0.25) is 0 Å². The number of hydrogen-bond acceptors (Lipinski definition) is 12. The van der Waals surface area contributed by atoms with Crippen molar-refractivity contribution in [1.82, 2.24) is 19.4 Å². The molecule has 14 nitrogen and oxygen atoms in total. The number of aromatic nitrogens is 3. The molecule has 14 heteroatoms. The smallest absolute Gasteiger partial charge is 0.306 e. The number of fused-ring (bicyclic) bond motifs is 1. The molecule has 3 heterocycles. The Morgan fingerprint density at radius 1 is 0.788 bits per heavy atom. The van der Waals surface area contributed by atoms with Gasteiger partial charge in [0.2, 0.25) is 11.8 Å². The summed E-state index contributed by atoms with van der Waals surface area (Å²) >= 11 is 0. The molecule has 0 radical (unpaired) electrons. The molecule has 1 aliphatic rings. The van der Waals surface area contributed by atoms with Gasteiger partial charge < -0.3 is 24.0 Å². The Balaban J connectivity index is 1.32. The molecule has 1 saturated heterocycles. The van der Waals surface area contributed by atoms with Gasteiger partial charge in [0.05, 0.1) is 17.5 Å². The molecular weight excluding hydrogens is 837 g/mol. The maximum atomic E-state index is 13.6. The van der Waals surface area contributed by atoms with Crippen molar-refractivity contribution < 1.29 is 38.2 Å². The standard InChI is InChI=1S/C52H84N6O8/c1-7-9-11-17-23-27-47(60)64-37-43(38-65-48(61)28-24-18-12-10-8-2)66-49(62)35-40(3)25-21-19-15-13-14-16-20-22-26-42(5)52(63)58-34-31-44-50(54-39-55-51(44)58)56(6)45-36-57(33-30-41(45)4)46(59)29-32-53/h31,34,39-43,45H,7-30,33,35-38H2,1-6H3/t40?,41-,42?,45+/m1/s1. The van der Waals surface area contributed by atoms with Gasteiger partial charge >= 0.3 is 17.9 Å². The summed E-state index contributed by atoms with van der Waals surface area (Å²) < 4.78 is 18.3. The van der Waals surface area contributed by atoms with E-state index in [4.69, 9.17) is 19.5 Å². The fourth-order valence-electron chi connectivity index (χ4n) is 8.88. The molecule has 1 fully saturated rings. The lowest BCUT2D eigenvalue weighted by atomic mass is 9.92. The number of ether oxygens (including phenoxy) is 3.